The van der Waals surface area contributed by atoms with Crippen molar-refractivity contribution in [3.05, 3.63) is 89.2 Å². The van der Waals surface area contributed by atoms with Gasteiger partial charge < -0.3 is 15.0 Å². The standard InChI is InChI=1S/C27H29ClFN3O5S/c1-4-30-27(34)19(2)31(17-20-10-13-22(37-3)14-11-20)26(33)18-32(21-12-15-25(29)24(28)16-21)38(35,36)23-8-6-5-7-9-23/h5-16,19H,4,17-18H2,1-3H3,(H,30,34)/t19-/m0/s1. The van der Waals surface area contributed by atoms with Crippen LogP contribution >= 0.6 is 11.6 Å². The summed E-state index contributed by atoms with van der Waals surface area (Å²) in [6.45, 7) is 3.06. The van der Waals surface area contributed by atoms with E-state index in [4.69, 9.17) is 16.3 Å². The van der Waals surface area contributed by atoms with E-state index in [1.807, 2.05) is 0 Å². The van der Waals surface area contributed by atoms with Gasteiger partial charge in [-0.05, 0) is 61.9 Å². The maximum Gasteiger partial charge on any atom is 0.264 e. The number of hydrogen-bond acceptors (Lipinski definition) is 5. The summed E-state index contributed by atoms with van der Waals surface area (Å²) < 4.78 is 47.2. The van der Waals surface area contributed by atoms with E-state index in [0.29, 0.717) is 17.9 Å². The molecule has 11 heteroatoms. The smallest absolute Gasteiger partial charge is 0.264 e. The zero-order valence-electron chi connectivity index (χ0n) is 21.2. The second-order valence-corrected chi connectivity index (χ2v) is 10.6. The summed E-state index contributed by atoms with van der Waals surface area (Å²) in [6.07, 6.45) is 0. The van der Waals surface area contributed by atoms with Gasteiger partial charge in [0.05, 0.1) is 22.7 Å². The predicted octanol–water partition coefficient (Wildman–Crippen LogP) is 4.24. The van der Waals surface area contributed by atoms with E-state index in [1.165, 1.54) is 30.2 Å². The fourth-order valence-electron chi connectivity index (χ4n) is 3.72. The predicted molar refractivity (Wildman–Crippen MR) is 144 cm³/mol. The topological polar surface area (TPSA) is 96.0 Å². The second-order valence-electron chi connectivity index (χ2n) is 8.36. The van der Waals surface area contributed by atoms with Gasteiger partial charge in [-0.2, -0.15) is 0 Å². The molecule has 0 radical (unpaired) electrons. The Morgan fingerprint density at radius 3 is 2.29 bits per heavy atom. The summed E-state index contributed by atoms with van der Waals surface area (Å²) in [5.74, 6) is -1.14. The third kappa shape index (κ3) is 6.81. The van der Waals surface area contributed by atoms with Crippen molar-refractivity contribution >= 4 is 39.1 Å². The fraction of sp³-hybridized carbons (Fsp3) is 0.259. The van der Waals surface area contributed by atoms with Gasteiger partial charge in [-0.25, -0.2) is 12.8 Å². The molecule has 0 saturated carbocycles. The molecule has 3 aromatic rings. The first-order valence-corrected chi connectivity index (χ1v) is 13.6. The minimum Gasteiger partial charge on any atom is -0.497 e. The molecule has 3 aromatic carbocycles. The van der Waals surface area contributed by atoms with Gasteiger partial charge in [0.2, 0.25) is 11.8 Å². The van der Waals surface area contributed by atoms with E-state index >= 15 is 0 Å². The van der Waals surface area contributed by atoms with Crippen LogP contribution in [0.1, 0.15) is 19.4 Å². The lowest BCUT2D eigenvalue weighted by Crippen LogP contribution is -2.51. The molecule has 0 heterocycles. The fourth-order valence-corrected chi connectivity index (χ4v) is 5.32. The lowest BCUT2D eigenvalue weighted by molar-refractivity contribution is -0.139. The maximum absolute atomic E-state index is 13.9. The van der Waals surface area contributed by atoms with Crippen LogP contribution in [0.3, 0.4) is 0 Å². The zero-order chi connectivity index (χ0) is 27.9. The van der Waals surface area contributed by atoms with Gasteiger partial charge in [0.1, 0.15) is 24.2 Å². The summed E-state index contributed by atoms with van der Waals surface area (Å²) in [5, 5.41) is 2.40. The summed E-state index contributed by atoms with van der Waals surface area (Å²) in [6, 6.07) is 17.0. The van der Waals surface area contributed by atoms with Crippen LogP contribution < -0.4 is 14.4 Å². The van der Waals surface area contributed by atoms with Crippen LogP contribution in [0.2, 0.25) is 5.02 Å². The molecule has 202 valence electrons. The Morgan fingerprint density at radius 2 is 1.71 bits per heavy atom. The van der Waals surface area contributed by atoms with E-state index in [9.17, 15) is 22.4 Å². The normalized spacial score (nSPS) is 11.9. The number of amides is 2. The number of methoxy groups -OCH3 is 1. The summed E-state index contributed by atoms with van der Waals surface area (Å²) in [4.78, 5) is 27.7. The molecule has 1 atom stereocenters. The number of halogens is 2. The number of carbonyl (C=O) groups excluding carboxylic acids is 2. The van der Waals surface area contributed by atoms with Crippen molar-refractivity contribution in [2.24, 2.45) is 0 Å². The van der Waals surface area contributed by atoms with Gasteiger partial charge in [0.25, 0.3) is 10.0 Å². The van der Waals surface area contributed by atoms with Crippen LogP contribution in [0.5, 0.6) is 5.75 Å². The number of anilines is 1. The Kier molecular flexibility index (Phi) is 9.71. The van der Waals surface area contributed by atoms with Crippen molar-refractivity contribution in [2.45, 2.75) is 31.3 Å². The Morgan fingerprint density at radius 1 is 1.05 bits per heavy atom. The molecule has 0 spiro atoms. The van der Waals surface area contributed by atoms with Crippen LogP contribution in [-0.2, 0) is 26.2 Å². The molecule has 38 heavy (non-hydrogen) atoms. The number of nitrogens with one attached hydrogen (secondary N) is 1. The lowest BCUT2D eigenvalue weighted by Gasteiger charge is -2.32. The zero-order valence-corrected chi connectivity index (χ0v) is 22.8. The van der Waals surface area contributed by atoms with Gasteiger partial charge in [0.15, 0.2) is 0 Å². The summed E-state index contributed by atoms with van der Waals surface area (Å²) in [7, 11) is -2.73. The van der Waals surface area contributed by atoms with Gasteiger partial charge >= 0.3 is 0 Å². The summed E-state index contributed by atoms with van der Waals surface area (Å²) in [5.41, 5.74) is 0.709. The van der Waals surface area contributed by atoms with E-state index in [2.05, 4.69) is 5.32 Å². The number of nitrogens with zero attached hydrogens (tertiary/aromatic N) is 2. The van der Waals surface area contributed by atoms with E-state index in [0.717, 1.165) is 16.4 Å². The summed E-state index contributed by atoms with van der Waals surface area (Å²) >= 11 is 5.96. The number of carbonyl (C=O) groups is 2. The molecule has 0 aliphatic heterocycles. The van der Waals surface area contributed by atoms with Crippen molar-refractivity contribution in [3.63, 3.8) is 0 Å². The Hall–Kier alpha value is -3.63. The number of likely N-dealkylation sites (N-methyl/N-ethyl adjacent to an activating group) is 1. The highest BCUT2D eigenvalue weighted by Crippen LogP contribution is 2.28. The monoisotopic (exact) mass is 561 g/mol. The molecule has 8 nitrogen and oxygen atoms in total. The average Bonchev–Trinajstić information content (AvgIpc) is 2.92. The molecule has 0 aromatic heterocycles. The van der Waals surface area contributed by atoms with Gasteiger partial charge in [0, 0.05) is 13.1 Å². The highest BCUT2D eigenvalue weighted by molar-refractivity contribution is 7.92. The lowest BCUT2D eigenvalue weighted by atomic mass is 10.1. The number of hydrogen-bond donors (Lipinski definition) is 1. The SMILES string of the molecule is CCNC(=O)[C@H](C)N(Cc1ccc(OC)cc1)C(=O)CN(c1ccc(F)c(Cl)c1)S(=O)(=O)c1ccccc1. The van der Waals surface area contributed by atoms with Crippen molar-refractivity contribution in [2.75, 3.05) is 24.5 Å². The molecular formula is C27H29ClFN3O5S. The highest BCUT2D eigenvalue weighted by Gasteiger charge is 2.32. The van der Waals surface area contributed by atoms with Crippen LogP contribution in [0, 0.1) is 5.82 Å². The minimum atomic E-state index is -4.26. The Bertz CT molecular complexity index is 1370. The van der Waals surface area contributed by atoms with E-state index < -0.39 is 40.2 Å². The van der Waals surface area contributed by atoms with Gasteiger partial charge in [-0.3, -0.25) is 13.9 Å². The molecule has 0 saturated heterocycles. The molecule has 1 N–H and O–H groups in total. The first kappa shape index (κ1) is 28.9. The maximum atomic E-state index is 13.9. The van der Waals surface area contributed by atoms with Gasteiger partial charge in [-0.1, -0.05) is 41.9 Å². The van der Waals surface area contributed by atoms with Gasteiger partial charge in [-0.15, -0.1) is 0 Å². The largest absolute Gasteiger partial charge is 0.497 e. The van der Waals surface area contributed by atoms with E-state index in [1.54, 1.807) is 56.3 Å². The first-order chi connectivity index (χ1) is 18.1. The third-order valence-electron chi connectivity index (χ3n) is 5.83. The second kappa shape index (κ2) is 12.7. The van der Waals surface area contributed by atoms with Crippen LogP contribution in [0.15, 0.2) is 77.7 Å². The van der Waals surface area contributed by atoms with Crippen LogP contribution in [0.4, 0.5) is 10.1 Å². The Labute approximate surface area is 227 Å². The molecule has 0 fully saturated rings. The molecule has 3 rings (SSSR count). The van der Waals surface area contributed by atoms with Crippen molar-refractivity contribution in [3.8, 4) is 5.75 Å². The number of benzene rings is 3. The molecule has 0 unspecified atom stereocenters. The Balaban J connectivity index is 2.03. The minimum absolute atomic E-state index is 0.00339. The number of rotatable bonds is 11. The molecule has 2 amide bonds. The average molecular weight is 562 g/mol. The first-order valence-electron chi connectivity index (χ1n) is 11.8. The van der Waals surface area contributed by atoms with Crippen molar-refractivity contribution < 1.29 is 27.1 Å². The van der Waals surface area contributed by atoms with E-state index in [-0.39, 0.29) is 22.2 Å². The number of sulfonamides is 1. The van der Waals surface area contributed by atoms with Crippen molar-refractivity contribution in [1.82, 2.24) is 10.2 Å². The van der Waals surface area contributed by atoms with Crippen LogP contribution in [0.25, 0.3) is 0 Å². The highest BCUT2D eigenvalue weighted by atomic mass is 35.5. The molecular weight excluding hydrogens is 533 g/mol. The van der Waals surface area contributed by atoms with Crippen molar-refractivity contribution in [1.29, 1.82) is 0 Å². The van der Waals surface area contributed by atoms with Crippen LogP contribution in [-0.4, -0.2) is 51.4 Å². The molecule has 0 aliphatic carbocycles. The molecule has 0 bridgehead atoms. The third-order valence-corrected chi connectivity index (χ3v) is 7.91. The molecule has 0 aliphatic rings. The quantitative estimate of drug-likeness (QED) is 0.378. The number of ether oxygens (including phenoxy) is 1.